The molecule has 0 radical (unpaired) electrons. The van der Waals surface area contributed by atoms with E-state index < -0.39 is 0 Å². The first-order chi connectivity index (χ1) is 7.85. The molecule has 1 aliphatic rings. The third-order valence-corrected chi connectivity index (χ3v) is 2.75. The van der Waals surface area contributed by atoms with Crippen molar-refractivity contribution in [3.63, 3.8) is 0 Å². The second-order valence-corrected chi connectivity index (χ2v) is 3.77. The highest BCUT2D eigenvalue weighted by molar-refractivity contribution is 5.42. The van der Waals surface area contributed by atoms with Crippen LogP contribution >= 0.6 is 0 Å². The van der Waals surface area contributed by atoms with E-state index in [9.17, 15) is 0 Å². The van der Waals surface area contributed by atoms with E-state index in [0.29, 0.717) is 0 Å². The molecule has 1 heterocycles. The van der Waals surface area contributed by atoms with E-state index in [0.717, 1.165) is 36.5 Å². The van der Waals surface area contributed by atoms with Crippen LogP contribution < -0.4 is 15.0 Å². The number of hydrogen-bond acceptors (Lipinski definition) is 4. The second-order valence-electron chi connectivity index (χ2n) is 3.77. The van der Waals surface area contributed by atoms with Gasteiger partial charge in [-0.2, -0.15) is 5.48 Å². The van der Waals surface area contributed by atoms with Gasteiger partial charge in [-0.15, -0.1) is 0 Å². The largest absolute Gasteiger partial charge is 0.497 e. The van der Waals surface area contributed by atoms with Crippen LogP contribution in [0.2, 0.25) is 0 Å². The Labute approximate surface area is 95.5 Å². The Morgan fingerprint density at radius 3 is 3.00 bits per heavy atom. The van der Waals surface area contributed by atoms with E-state index in [1.54, 1.807) is 14.2 Å². The first-order valence-corrected chi connectivity index (χ1v) is 5.44. The molecule has 0 fully saturated rings. The third-order valence-electron chi connectivity index (χ3n) is 2.75. The van der Waals surface area contributed by atoms with Gasteiger partial charge < -0.3 is 14.3 Å². The SMILES string of the molecule is CONC1CCCOc2cc(OC)ccc21. The zero-order valence-electron chi connectivity index (χ0n) is 9.66. The molecule has 1 aromatic rings. The van der Waals surface area contributed by atoms with Crippen LogP contribution in [-0.2, 0) is 4.84 Å². The van der Waals surface area contributed by atoms with E-state index >= 15 is 0 Å². The van der Waals surface area contributed by atoms with Gasteiger partial charge in [-0.25, -0.2) is 0 Å². The predicted octanol–water partition coefficient (Wildman–Crippen LogP) is 2.06. The fourth-order valence-corrected chi connectivity index (χ4v) is 1.94. The number of hydroxylamine groups is 1. The highest BCUT2D eigenvalue weighted by Gasteiger charge is 2.19. The van der Waals surface area contributed by atoms with Crippen molar-refractivity contribution in [1.29, 1.82) is 0 Å². The number of fused-ring (bicyclic) bond motifs is 1. The molecular weight excluding hydrogens is 206 g/mol. The standard InChI is InChI=1S/C12H17NO3/c1-14-9-5-6-10-11(13-15-2)4-3-7-16-12(10)8-9/h5-6,8,11,13H,3-4,7H2,1-2H3. The van der Waals surface area contributed by atoms with Crippen molar-refractivity contribution in [3.05, 3.63) is 23.8 Å². The predicted molar refractivity (Wildman–Crippen MR) is 60.6 cm³/mol. The van der Waals surface area contributed by atoms with Crippen molar-refractivity contribution >= 4 is 0 Å². The molecule has 1 N–H and O–H groups in total. The van der Waals surface area contributed by atoms with Gasteiger partial charge in [-0.1, -0.05) is 0 Å². The van der Waals surface area contributed by atoms with Crippen LogP contribution in [-0.4, -0.2) is 20.8 Å². The molecule has 0 saturated heterocycles. The lowest BCUT2D eigenvalue weighted by Crippen LogP contribution is -2.19. The highest BCUT2D eigenvalue weighted by Crippen LogP contribution is 2.34. The molecule has 16 heavy (non-hydrogen) atoms. The van der Waals surface area contributed by atoms with Crippen LogP contribution in [0.25, 0.3) is 0 Å². The van der Waals surface area contributed by atoms with Gasteiger partial charge in [-0.3, -0.25) is 0 Å². The quantitative estimate of drug-likeness (QED) is 0.796. The zero-order valence-corrected chi connectivity index (χ0v) is 9.66. The molecule has 1 aromatic carbocycles. The van der Waals surface area contributed by atoms with Gasteiger partial charge >= 0.3 is 0 Å². The summed E-state index contributed by atoms with van der Waals surface area (Å²) in [6, 6.07) is 6.08. The van der Waals surface area contributed by atoms with Crippen LogP contribution in [0, 0.1) is 0 Å². The highest BCUT2D eigenvalue weighted by atomic mass is 16.6. The summed E-state index contributed by atoms with van der Waals surface area (Å²) >= 11 is 0. The Bertz CT molecular complexity index is 354. The molecule has 1 unspecified atom stereocenters. The average molecular weight is 223 g/mol. The molecule has 0 aliphatic carbocycles. The maximum absolute atomic E-state index is 5.69. The number of ether oxygens (including phenoxy) is 2. The molecule has 1 aliphatic heterocycles. The lowest BCUT2D eigenvalue weighted by atomic mass is 10.0. The number of nitrogens with one attached hydrogen (secondary N) is 1. The van der Waals surface area contributed by atoms with Gasteiger partial charge in [0.2, 0.25) is 0 Å². The smallest absolute Gasteiger partial charge is 0.127 e. The maximum atomic E-state index is 5.69. The van der Waals surface area contributed by atoms with Crippen molar-refractivity contribution in [2.24, 2.45) is 0 Å². The molecule has 88 valence electrons. The molecule has 0 amide bonds. The summed E-state index contributed by atoms with van der Waals surface area (Å²) in [5, 5.41) is 0. The number of rotatable bonds is 3. The monoisotopic (exact) mass is 223 g/mol. The molecule has 4 heteroatoms. The molecule has 0 bridgehead atoms. The van der Waals surface area contributed by atoms with E-state index in [2.05, 4.69) is 5.48 Å². The van der Waals surface area contributed by atoms with E-state index in [1.165, 1.54) is 0 Å². The Morgan fingerprint density at radius 2 is 2.25 bits per heavy atom. The summed E-state index contributed by atoms with van der Waals surface area (Å²) in [5.74, 6) is 1.70. The van der Waals surface area contributed by atoms with Gasteiger partial charge in [0, 0.05) is 11.6 Å². The normalized spacial score (nSPS) is 19.5. The van der Waals surface area contributed by atoms with Crippen molar-refractivity contribution in [3.8, 4) is 11.5 Å². The van der Waals surface area contributed by atoms with Crippen molar-refractivity contribution in [2.75, 3.05) is 20.8 Å². The average Bonchev–Trinajstić information content (AvgIpc) is 2.52. The first-order valence-electron chi connectivity index (χ1n) is 5.44. The van der Waals surface area contributed by atoms with Crippen LogP contribution in [0.15, 0.2) is 18.2 Å². The fourth-order valence-electron chi connectivity index (χ4n) is 1.94. The summed E-state index contributed by atoms with van der Waals surface area (Å²) in [5.41, 5.74) is 4.12. The van der Waals surface area contributed by atoms with Gasteiger partial charge in [0.1, 0.15) is 11.5 Å². The minimum atomic E-state index is 0.188. The zero-order chi connectivity index (χ0) is 11.4. The van der Waals surface area contributed by atoms with Gasteiger partial charge in [-0.05, 0) is 25.0 Å². The number of benzene rings is 1. The molecule has 0 saturated carbocycles. The molecular formula is C12H17NO3. The number of methoxy groups -OCH3 is 1. The van der Waals surface area contributed by atoms with E-state index in [4.69, 9.17) is 14.3 Å². The lowest BCUT2D eigenvalue weighted by molar-refractivity contribution is 0.0579. The summed E-state index contributed by atoms with van der Waals surface area (Å²) in [6.07, 6.45) is 2.02. The topological polar surface area (TPSA) is 39.7 Å². The Morgan fingerprint density at radius 1 is 1.38 bits per heavy atom. The summed E-state index contributed by atoms with van der Waals surface area (Å²) in [6.45, 7) is 0.738. The minimum Gasteiger partial charge on any atom is -0.497 e. The summed E-state index contributed by atoms with van der Waals surface area (Å²) in [7, 11) is 3.29. The minimum absolute atomic E-state index is 0.188. The second kappa shape index (κ2) is 5.18. The fraction of sp³-hybridized carbons (Fsp3) is 0.500. The summed E-state index contributed by atoms with van der Waals surface area (Å²) in [4.78, 5) is 5.01. The van der Waals surface area contributed by atoms with Gasteiger partial charge in [0.25, 0.3) is 0 Å². The van der Waals surface area contributed by atoms with E-state index in [1.807, 2.05) is 18.2 Å². The number of hydrogen-bond donors (Lipinski definition) is 1. The van der Waals surface area contributed by atoms with Crippen molar-refractivity contribution < 1.29 is 14.3 Å². The molecule has 1 atom stereocenters. The first kappa shape index (κ1) is 11.2. The Hall–Kier alpha value is -1.26. The van der Waals surface area contributed by atoms with Gasteiger partial charge in [0.15, 0.2) is 0 Å². The van der Waals surface area contributed by atoms with E-state index in [-0.39, 0.29) is 6.04 Å². The maximum Gasteiger partial charge on any atom is 0.127 e. The lowest BCUT2D eigenvalue weighted by Gasteiger charge is -2.17. The van der Waals surface area contributed by atoms with Crippen LogP contribution in [0.4, 0.5) is 0 Å². The van der Waals surface area contributed by atoms with Crippen LogP contribution in [0.3, 0.4) is 0 Å². The van der Waals surface area contributed by atoms with Gasteiger partial charge in [0.05, 0.1) is 26.9 Å². The Kier molecular flexibility index (Phi) is 3.64. The Balaban J connectivity index is 2.30. The van der Waals surface area contributed by atoms with Crippen molar-refractivity contribution in [2.45, 2.75) is 18.9 Å². The molecule has 2 rings (SSSR count). The molecule has 0 spiro atoms. The summed E-state index contributed by atoms with van der Waals surface area (Å²) < 4.78 is 10.9. The molecule has 4 nitrogen and oxygen atoms in total. The molecule has 0 aromatic heterocycles. The van der Waals surface area contributed by atoms with Crippen molar-refractivity contribution in [1.82, 2.24) is 5.48 Å². The third kappa shape index (κ3) is 2.28. The van der Waals surface area contributed by atoms with Crippen LogP contribution in [0.5, 0.6) is 11.5 Å². The van der Waals surface area contributed by atoms with Crippen LogP contribution in [0.1, 0.15) is 24.4 Å².